The van der Waals surface area contributed by atoms with Crippen LogP contribution >= 0.6 is 0 Å². The molecule has 0 aliphatic carbocycles. The minimum absolute atomic E-state index is 0.164. The Morgan fingerprint density at radius 3 is 2.60 bits per heavy atom. The van der Waals surface area contributed by atoms with Crippen LogP contribution in [0, 0.1) is 0 Å². The number of alkyl halides is 3. The van der Waals surface area contributed by atoms with Crippen LogP contribution in [0.15, 0.2) is 0 Å². The molecule has 88 valence electrons. The van der Waals surface area contributed by atoms with E-state index >= 15 is 0 Å². The van der Waals surface area contributed by atoms with Crippen LogP contribution in [0.25, 0.3) is 0 Å². The number of halogens is 3. The van der Waals surface area contributed by atoms with Gasteiger partial charge in [0.15, 0.2) is 0 Å². The summed E-state index contributed by atoms with van der Waals surface area (Å²) in [5.41, 5.74) is 0. The van der Waals surface area contributed by atoms with Crippen molar-refractivity contribution in [3.8, 4) is 0 Å². The molecule has 0 aromatic rings. The zero-order valence-electron chi connectivity index (χ0n) is 8.52. The smallest absolute Gasteiger partial charge is 0.373 e. The quantitative estimate of drug-likeness (QED) is 0.738. The van der Waals surface area contributed by atoms with Gasteiger partial charge >= 0.3 is 6.18 Å². The van der Waals surface area contributed by atoms with E-state index < -0.39 is 12.6 Å². The summed E-state index contributed by atoms with van der Waals surface area (Å²) >= 11 is 0. The summed E-state index contributed by atoms with van der Waals surface area (Å²) in [5, 5.41) is 3.16. The van der Waals surface area contributed by atoms with Gasteiger partial charge in [-0.3, -0.25) is 0 Å². The molecular formula is C10H16F3NO. The van der Waals surface area contributed by atoms with E-state index in [0.717, 1.165) is 19.3 Å². The van der Waals surface area contributed by atoms with Crippen molar-refractivity contribution in [3.63, 3.8) is 0 Å². The number of nitrogens with one attached hydrogen (secondary N) is 1. The van der Waals surface area contributed by atoms with E-state index in [0.29, 0.717) is 12.6 Å². The number of fused-ring (bicyclic) bond motifs is 2. The predicted octanol–water partition coefficient (Wildman–Crippen LogP) is 2.24. The molecule has 3 atom stereocenters. The van der Waals surface area contributed by atoms with Crippen molar-refractivity contribution in [2.24, 2.45) is 0 Å². The SMILES string of the molecule is FC(F)(F)CCCNC1CC2CCC1O2. The molecule has 1 N–H and O–H groups in total. The molecule has 15 heavy (non-hydrogen) atoms. The molecule has 2 saturated heterocycles. The van der Waals surface area contributed by atoms with E-state index in [-0.39, 0.29) is 18.6 Å². The lowest BCUT2D eigenvalue weighted by Crippen LogP contribution is -2.38. The third-order valence-corrected chi connectivity index (χ3v) is 3.15. The summed E-state index contributed by atoms with van der Waals surface area (Å²) in [5.74, 6) is 0. The van der Waals surface area contributed by atoms with Gasteiger partial charge in [0.1, 0.15) is 0 Å². The van der Waals surface area contributed by atoms with Gasteiger partial charge in [0.25, 0.3) is 0 Å². The summed E-state index contributed by atoms with van der Waals surface area (Å²) in [7, 11) is 0. The van der Waals surface area contributed by atoms with Gasteiger partial charge in [-0.15, -0.1) is 0 Å². The molecule has 2 aliphatic rings. The van der Waals surface area contributed by atoms with Crippen LogP contribution < -0.4 is 5.32 Å². The lowest BCUT2D eigenvalue weighted by atomic mass is 9.95. The largest absolute Gasteiger partial charge is 0.389 e. The van der Waals surface area contributed by atoms with Crippen molar-refractivity contribution in [1.82, 2.24) is 5.32 Å². The Balaban J connectivity index is 1.59. The first-order valence-electron chi connectivity index (χ1n) is 5.50. The first-order valence-corrected chi connectivity index (χ1v) is 5.50. The molecule has 5 heteroatoms. The van der Waals surface area contributed by atoms with E-state index in [1.54, 1.807) is 0 Å². The second-order valence-corrected chi connectivity index (χ2v) is 4.39. The fourth-order valence-corrected chi connectivity index (χ4v) is 2.43. The maximum atomic E-state index is 11.9. The van der Waals surface area contributed by atoms with Gasteiger partial charge in [-0.05, 0) is 32.2 Å². The molecule has 0 saturated carbocycles. The molecule has 2 aliphatic heterocycles. The summed E-state index contributed by atoms with van der Waals surface area (Å²) < 4.78 is 41.2. The lowest BCUT2D eigenvalue weighted by Gasteiger charge is -2.20. The molecule has 0 aromatic heterocycles. The monoisotopic (exact) mass is 223 g/mol. The molecular weight excluding hydrogens is 207 g/mol. The van der Waals surface area contributed by atoms with Gasteiger partial charge in [-0.25, -0.2) is 0 Å². The number of ether oxygens (including phenoxy) is 1. The van der Waals surface area contributed by atoms with Gasteiger partial charge in [0, 0.05) is 12.5 Å². The highest BCUT2D eigenvalue weighted by atomic mass is 19.4. The highest BCUT2D eigenvalue weighted by molar-refractivity contribution is 4.93. The van der Waals surface area contributed by atoms with Crippen molar-refractivity contribution < 1.29 is 17.9 Å². The Bertz CT molecular complexity index is 219. The molecule has 2 nitrogen and oxygen atoms in total. The normalized spacial score (nSPS) is 35.0. The molecule has 0 radical (unpaired) electrons. The maximum Gasteiger partial charge on any atom is 0.389 e. The molecule has 2 bridgehead atoms. The Labute approximate surface area is 87.2 Å². The zero-order valence-corrected chi connectivity index (χ0v) is 8.52. The first-order chi connectivity index (χ1) is 7.04. The zero-order chi connectivity index (χ0) is 10.9. The van der Waals surface area contributed by atoms with E-state index in [9.17, 15) is 13.2 Å². The minimum Gasteiger partial charge on any atom is -0.373 e. The van der Waals surface area contributed by atoms with Crippen LogP contribution in [-0.2, 0) is 4.74 Å². The molecule has 0 amide bonds. The highest BCUT2D eigenvalue weighted by Gasteiger charge is 2.40. The third kappa shape index (κ3) is 3.08. The molecule has 3 unspecified atom stereocenters. The highest BCUT2D eigenvalue weighted by Crippen LogP contribution is 2.34. The summed E-state index contributed by atoms with van der Waals surface area (Å²) in [6.45, 7) is 0.441. The predicted molar refractivity (Wildman–Crippen MR) is 49.6 cm³/mol. The van der Waals surface area contributed by atoms with Crippen LogP contribution in [0.2, 0.25) is 0 Å². The molecule has 2 rings (SSSR count). The Kier molecular flexibility index (Phi) is 3.21. The molecule has 2 heterocycles. The Hall–Kier alpha value is -0.290. The Morgan fingerprint density at radius 1 is 1.27 bits per heavy atom. The van der Waals surface area contributed by atoms with Gasteiger partial charge in [-0.1, -0.05) is 0 Å². The van der Waals surface area contributed by atoms with Gasteiger partial charge in [-0.2, -0.15) is 13.2 Å². The van der Waals surface area contributed by atoms with E-state index in [2.05, 4.69) is 5.32 Å². The van der Waals surface area contributed by atoms with Crippen molar-refractivity contribution in [2.45, 2.75) is 56.5 Å². The van der Waals surface area contributed by atoms with E-state index in [1.807, 2.05) is 0 Å². The maximum absolute atomic E-state index is 11.9. The van der Waals surface area contributed by atoms with Crippen molar-refractivity contribution in [1.29, 1.82) is 0 Å². The average molecular weight is 223 g/mol. The number of hydrogen-bond donors (Lipinski definition) is 1. The fraction of sp³-hybridized carbons (Fsp3) is 1.00. The molecule has 0 spiro atoms. The van der Waals surface area contributed by atoms with Crippen molar-refractivity contribution >= 4 is 0 Å². The summed E-state index contributed by atoms with van der Waals surface area (Å²) in [6.07, 6.45) is -0.800. The fourth-order valence-electron chi connectivity index (χ4n) is 2.43. The Morgan fingerprint density at radius 2 is 2.07 bits per heavy atom. The summed E-state index contributed by atoms with van der Waals surface area (Å²) in [6, 6.07) is 0.289. The van der Waals surface area contributed by atoms with Crippen molar-refractivity contribution in [2.75, 3.05) is 6.54 Å². The third-order valence-electron chi connectivity index (χ3n) is 3.15. The van der Waals surface area contributed by atoms with Crippen LogP contribution in [0.1, 0.15) is 32.1 Å². The molecule has 0 aromatic carbocycles. The molecule has 2 fully saturated rings. The van der Waals surface area contributed by atoms with Crippen LogP contribution in [0.3, 0.4) is 0 Å². The van der Waals surface area contributed by atoms with Gasteiger partial charge < -0.3 is 10.1 Å². The standard InChI is InChI=1S/C10H16F3NO/c11-10(12,13)4-1-5-14-8-6-7-2-3-9(8)15-7/h7-9,14H,1-6H2. The minimum atomic E-state index is -4.02. The first kappa shape index (κ1) is 11.2. The topological polar surface area (TPSA) is 21.3 Å². The average Bonchev–Trinajstić information content (AvgIpc) is 2.71. The van der Waals surface area contributed by atoms with Gasteiger partial charge in [0.05, 0.1) is 12.2 Å². The van der Waals surface area contributed by atoms with Crippen LogP contribution in [-0.4, -0.2) is 31.0 Å². The lowest BCUT2D eigenvalue weighted by molar-refractivity contribution is -0.135. The second-order valence-electron chi connectivity index (χ2n) is 4.39. The van der Waals surface area contributed by atoms with Gasteiger partial charge in [0.2, 0.25) is 0 Å². The number of rotatable bonds is 4. The summed E-state index contributed by atoms with van der Waals surface area (Å²) in [4.78, 5) is 0. The van der Waals surface area contributed by atoms with Crippen molar-refractivity contribution in [3.05, 3.63) is 0 Å². The second kappa shape index (κ2) is 4.29. The van der Waals surface area contributed by atoms with E-state index in [1.165, 1.54) is 0 Å². The van der Waals surface area contributed by atoms with E-state index in [4.69, 9.17) is 4.74 Å². The van der Waals surface area contributed by atoms with Crippen LogP contribution in [0.5, 0.6) is 0 Å². The number of hydrogen-bond acceptors (Lipinski definition) is 2. The van der Waals surface area contributed by atoms with Crippen LogP contribution in [0.4, 0.5) is 13.2 Å².